The van der Waals surface area contributed by atoms with E-state index in [0.717, 1.165) is 24.0 Å². The third-order valence-corrected chi connectivity index (χ3v) is 5.79. The van der Waals surface area contributed by atoms with Crippen molar-refractivity contribution in [2.24, 2.45) is 0 Å². The summed E-state index contributed by atoms with van der Waals surface area (Å²) in [6, 6.07) is 5.68. The average molecular weight is 282 g/mol. The molecule has 1 unspecified atom stereocenters. The van der Waals surface area contributed by atoms with Gasteiger partial charge < -0.3 is 5.32 Å². The van der Waals surface area contributed by atoms with E-state index in [-0.39, 0.29) is 6.04 Å². The van der Waals surface area contributed by atoms with E-state index in [1.165, 1.54) is 0 Å². The van der Waals surface area contributed by atoms with E-state index in [1.54, 1.807) is 10.4 Å². The molecule has 1 heterocycles. The molecule has 2 rings (SSSR count). The second kappa shape index (κ2) is 5.61. The molecule has 0 saturated carbocycles. The number of hydrogen-bond acceptors (Lipinski definition) is 3. The average Bonchev–Trinajstić information content (AvgIpc) is 2.81. The summed E-state index contributed by atoms with van der Waals surface area (Å²) in [5.41, 5.74) is 1.80. The van der Waals surface area contributed by atoms with Crippen LogP contribution < -0.4 is 5.32 Å². The smallest absolute Gasteiger partial charge is 0.243 e. The minimum Gasteiger partial charge on any atom is -0.318 e. The molecule has 1 aromatic carbocycles. The summed E-state index contributed by atoms with van der Waals surface area (Å²) in [4.78, 5) is 0.454. The van der Waals surface area contributed by atoms with Crippen LogP contribution in [-0.2, 0) is 10.0 Å². The number of nitrogens with zero attached hydrogens (tertiary/aromatic N) is 1. The minimum atomic E-state index is -3.37. The van der Waals surface area contributed by atoms with Gasteiger partial charge in [-0.15, -0.1) is 0 Å². The largest absolute Gasteiger partial charge is 0.318 e. The molecule has 0 aromatic heterocycles. The Labute approximate surface area is 115 Å². The molecule has 4 nitrogen and oxygen atoms in total. The van der Waals surface area contributed by atoms with Crippen molar-refractivity contribution in [1.29, 1.82) is 0 Å². The minimum absolute atomic E-state index is 0.0786. The van der Waals surface area contributed by atoms with Gasteiger partial charge in [0, 0.05) is 19.1 Å². The first-order valence-corrected chi connectivity index (χ1v) is 8.14. The van der Waals surface area contributed by atoms with Crippen molar-refractivity contribution < 1.29 is 8.42 Å². The van der Waals surface area contributed by atoms with Gasteiger partial charge in [0.05, 0.1) is 4.90 Å². The maximum atomic E-state index is 12.8. The molecule has 0 radical (unpaired) electrons. The number of nitrogens with one attached hydrogen (secondary N) is 1. The highest BCUT2D eigenvalue weighted by molar-refractivity contribution is 7.89. The van der Waals surface area contributed by atoms with Gasteiger partial charge in [0.2, 0.25) is 10.0 Å². The molecule has 0 aliphatic carbocycles. The van der Waals surface area contributed by atoms with Crippen LogP contribution in [0.5, 0.6) is 0 Å². The molecule has 1 aromatic rings. The highest BCUT2D eigenvalue weighted by Crippen LogP contribution is 2.28. The summed E-state index contributed by atoms with van der Waals surface area (Å²) in [6.07, 6.45) is 1.88. The fourth-order valence-electron chi connectivity index (χ4n) is 2.68. The van der Waals surface area contributed by atoms with E-state index in [1.807, 2.05) is 33.0 Å². The zero-order valence-electron chi connectivity index (χ0n) is 11.8. The number of rotatable bonds is 4. The van der Waals surface area contributed by atoms with Crippen molar-refractivity contribution >= 4 is 10.0 Å². The van der Waals surface area contributed by atoms with Gasteiger partial charge in [0.15, 0.2) is 0 Å². The van der Waals surface area contributed by atoms with E-state index in [9.17, 15) is 8.42 Å². The van der Waals surface area contributed by atoms with Gasteiger partial charge in [-0.2, -0.15) is 4.31 Å². The van der Waals surface area contributed by atoms with Crippen LogP contribution in [0.4, 0.5) is 0 Å². The number of hydrogen-bond donors (Lipinski definition) is 1. The molecule has 1 N–H and O–H groups in total. The second-order valence-electron chi connectivity index (χ2n) is 5.24. The number of sulfonamides is 1. The summed E-state index contributed by atoms with van der Waals surface area (Å²) in [6.45, 7) is 5.12. The topological polar surface area (TPSA) is 49.4 Å². The highest BCUT2D eigenvalue weighted by atomic mass is 32.2. The highest BCUT2D eigenvalue weighted by Gasteiger charge is 2.35. The Morgan fingerprint density at radius 3 is 2.79 bits per heavy atom. The first-order chi connectivity index (χ1) is 8.96. The standard InChI is InChI=1S/C14H22N2O2S/c1-11-6-7-12(2)14(9-11)19(17,18)16-8-4-5-13(16)10-15-3/h6-7,9,13,15H,4-5,8,10H2,1-3H3. The van der Waals surface area contributed by atoms with Gasteiger partial charge in [-0.05, 0) is 50.9 Å². The van der Waals surface area contributed by atoms with Crippen molar-refractivity contribution in [3.8, 4) is 0 Å². The molecule has 5 heteroatoms. The van der Waals surface area contributed by atoms with E-state index in [0.29, 0.717) is 18.0 Å². The Kier molecular flexibility index (Phi) is 4.28. The van der Waals surface area contributed by atoms with Crippen LogP contribution in [0.2, 0.25) is 0 Å². The maximum Gasteiger partial charge on any atom is 0.243 e. The van der Waals surface area contributed by atoms with Gasteiger partial charge in [0.1, 0.15) is 0 Å². The van der Waals surface area contributed by atoms with Crippen LogP contribution in [0.3, 0.4) is 0 Å². The van der Waals surface area contributed by atoms with Gasteiger partial charge in [-0.3, -0.25) is 0 Å². The fraction of sp³-hybridized carbons (Fsp3) is 0.571. The van der Waals surface area contributed by atoms with Crippen molar-refractivity contribution in [1.82, 2.24) is 9.62 Å². The van der Waals surface area contributed by atoms with E-state index >= 15 is 0 Å². The number of likely N-dealkylation sites (N-methyl/N-ethyl adjacent to an activating group) is 1. The zero-order chi connectivity index (χ0) is 14.0. The summed E-state index contributed by atoms with van der Waals surface area (Å²) in [7, 11) is -1.51. The van der Waals surface area contributed by atoms with Crippen LogP contribution >= 0.6 is 0 Å². The van der Waals surface area contributed by atoms with Crippen LogP contribution in [-0.4, -0.2) is 38.9 Å². The lowest BCUT2D eigenvalue weighted by atomic mass is 10.2. The first-order valence-electron chi connectivity index (χ1n) is 6.70. The van der Waals surface area contributed by atoms with Crippen LogP contribution in [0.15, 0.2) is 23.1 Å². The summed E-state index contributed by atoms with van der Waals surface area (Å²) < 4.78 is 27.2. The van der Waals surface area contributed by atoms with Crippen molar-refractivity contribution in [3.05, 3.63) is 29.3 Å². The van der Waals surface area contributed by atoms with Crippen LogP contribution in [0, 0.1) is 13.8 Å². The molecular formula is C14H22N2O2S. The first kappa shape index (κ1) is 14.5. The predicted molar refractivity (Wildman–Crippen MR) is 76.8 cm³/mol. The van der Waals surface area contributed by atoms with Gasteiger partial charge in [0.25, 0.3) is 0 Å². The SMILES string of the molecule is CNCC1CCCN1S(=O)(=O)c1cc(C)ccc1C. The lowest BCUT2D eigenvalue weighted by molar-refractivity contribution is 0.379. The van der Waals surface area contributed by atoms with E-state index < -0.39 is 10.0 Å². The van der Waals surface area contributed by atoms with Gasteiger partial charge >= 0.3 is 0 Å². The Hall–Kier alpha value is -0.910. The van der Waals surface area contributed by atoms with E-state index in [4.69, 9.17) is 0 Å². The molecule has 0 bridgehead atoms. The van der Waals surface area contributed by atoms with Crippen molar-refractivity contribution in [2.45, 2.75) is 37.6 Å². The lowest BCUT2D eigenvalue weighted by Crippen LogP contribution is -2.41. The summed E-state index contributed by atoms with van der Waals surface area (Å²) in [5, 5.41) is 3.08. The lowest BCUT2D eigenvalue weighted by Gasteiger charge is -2.24. The summed E-state index contributed by atoms with van der Waals surface area (Å²) >= 11 is 0. The molecule has 1 fully saturated rings. The monoisotopic (exact) mass is 282 g/mol. The molecule has 0 spiro atoms. The quantitative estimate of drug-likeness (QED) is 0.914. The molecule has 1 aliphatic heterocycles. The van der Waals surface area contributed by atoms with Crippen molar-refractivity contribution in [3.63, 3.8) is 0 Å². The Morgan fingerprint density at radius 2 is 2.11 bits per heavy atom. The van der Waals surface area contributed by atoms with Crippen molar-refractivity contribution in [2.75, 3.05) is 20.1 Å². The van der Waals surface area contributed by atoms with Gasteiger partial charge in [-0.1, -0.05) is 12.1 Å². The molecule has 19 heavy (non-hydrogen) atoms. The maximum absolute atomic E-state index is 12.8. The molecule has 1 saturated heterocycles. The molecule has 1 aliphatic rings. The zero-order valence-corrected chi connectivity index (χ0v) is 12.6. The molecule has 0 amide bonds. The van der Waals surface area contributed by atoms with E-state index in [2.05, 4.69) is 5.32 Å². The van der Waals surface area contributed by atoms with Crippen LogP contribution in [0.25, 0.3) is 0 Å². The van der Waals surface area contributed by atoms with Gasteiger partial charge in [-0.25, -0.2) is 8.42 Å². The third-order valence-electron chi connectivity index (χ3n) is 3.69. The third kappa shape index (κ3) is 2.83. The Balaban J connectivity index is 2.39. The molecule has 1 atom stereocenters. The number of benzene rings is 1. The Bertz CT molecular complexity index is 555. The Morgan fingerprint density at radius 1 is 1.37 bits per heavy atom. The number of aryl methyl sites for hydroxylation is 2. The predicted octanol–water partition coefficient (Wildman–Crippen LogP) is 1.68. The fourth-order valence-corrected chi connectivity index (χ4v) is 4.68. The van der Waals surface area contributed by atoms with Crippen LogP contribution in [0.1, 0.15) is 24.0 Å². The molecular weight excluding hydrogens is 260 g/mol. The molecule has 106 valence electrons. The normalized spacial score (nSPS) is 20.9. The second-order valence-corrected chi connectivity index (χ2v) is 7.10. The summed E-state index contributed by atoms with van der Waals surface area (Å²) in [5.74, 6) is 0.